The molecule has 0 saturated carbocycles. The molecule has 1 aromatic carbocycles. The van der Waals surface area contributed by atoms with Gasteiger partial charge in [-0.05, 0) is 30.0 Å². The van der Waals surface area contributed by atoms with Gasteiger partial charge in [-0.3, -0.25) is 9.59 Å². The Morgan fingerprint density at radius 2 is 1.86 bits per heavy atom. The van der Waals surface area contributed by atoms with Crippen LogP contribution in [0.15, 0.2) is 48.7 Å². The SMILES string of the molecule is CCCN(CC(=O)N1CCn2cccc2C1c1ccccc1)C(=O)CC(C)C. The Bertz CT molecular complexity index is 797. The van der Waals surface area contributed by atoms with E-state index >= 15 is 0 Å². The molecule has 2 aromatic rings. The fraction of sp³-hybridized carbons (Fsp3) is 0.478. The number of hydrogen-bond donors (Lipinski definition) is 0. The second-order valence-electron chi connectivity index (χ2n) is 7.94. The number of aromatic nitrogens is 1. The number of carbonyl (C=O) groups is 2. The molecular formula is C23H31N3O2. The van der Waals surface area contributed by atoms with Crippen molar-refractivity contribution in [1.29, 1.82) is 0 Å². The third kappa shape index (κ3) is 4.46. The zero-order chi connectivity index (χ0) is 20.1. The molecule has 0 N–H and O–H groups in total. The average Bonchev–Trinajstić information content (AvgIpc) is 3.15. The van der Waals surface area contributed by atoms with E-state index in [1.807, 2.05) is 49.9 Å². The first-order chi connectivity index (χ1) is 13.5. The Kier molecular flexibility index (Phi) is 6.55. The second kappa shape index (κ2) is 9.09. The maximum absolute atomic E-state index is 13.3. The van der Waals surface area contributed by atoms with Crippen LogP contribution in [0.2, 0.25) is 0 Å². The van der Waals surface area contributed by atoms with Gasteiger partial charge in [-0.25, -0.2) is 0 Å². The average molecular weight is 382 g/mol. The highest BCUT2D eigenvalue weighted by atomic mass is 16.2. The van der Waals surface area contributed by atoms with Gasteiger partial charge in [-0.15, -0.1) is 0 Å². The lowest BCUT2D eigenvalue weighted by atomic mass is 10.00. The molecule has 0 bridgehead atoms. The summed E-state index contributed by atoms with van der Waals surface area (Å²) in [5.41, 5.74) is 2.23. The quantitative estimate of drug-likeness (QED) is 0.734. The minimum Gasteiger partial charge on any atom is -0.348 e. The normalized spacial score (nSPS) is 16.1. The Morgan fingerprint density at radius 3 is 2.54 bits per heavy atom. The van der Waals surface area contributed by atoms with Gasteiger partial charge < -0.3 is 14.4 Å². The van der Waals surface area contributed by atoms with Gasteiger partial charge in [0.25, 0.3) is 0 Å². The summed E-state index contributed by atoms with van der Waals surface area (Å²) >= 11 is 0. The van der Waals surface area contributed by atoms with Crippen LogP contribution in [-0.2, 0) is 16.1 Å². The highest BCUT2D eigenvalue weighted by molar-refractivity contribution is 5.85. The smallest absolute Gasteiger partial charge is 0.243 e. The molecule has 0 spiro atoms. The van der Waals surface area contributed by atoms with Crippen LogP contribution in [-0.4, -0.2) is 45.8 Å². The van der Waals surface area contributed by atoms with E-state index in [0.29, 0.717) is 19.5 Å². The van der Waals surface area contributed by atoms with Crippen molar-refractivity contribution in [3.05, 3.63) is 59.9 Å². The predicted octanol–water partition coefficient (Wildman–Crippen LogP) is 3.70. The van der Waals surface area contributed by atoms with E-state index in [4.69, 9.17) is 0 Å². The van der Waals surface area contributed by atoms with Crippen LogP contribution in [0.5, 0.6) is 0 Å². The second-order valence-corrected chi connectivity index (χ2v) is 7.94. The number of benzene rings is 1. The molecule has 0 fully saturated rings. The number of rotatable bonds is 7. The molecule has 0 radical (unpaired) electrons. The first-order valence-corrected chi connectivity index (χ1v) is 10.3. The summed E-state index contributed by atoms with van der Waals surface area (Å²) in [6, 6.07) is 14.2. The van der Waals surface area contributed by atoms with E-state index in [0.717, 1.165) is 24.2 Å². The number of carbonyl (C=O) groups excluding carboxylic acids is 2. The molecule has 5 heteroatoms. The summed E-state index contributed by atoms with van der Waals surface area (Å²) in [5, 5.41) is 0. The highest BCUT2D eigenvalue weighted by Crippen LogP contribution is 2.32. The summed E-state index contributed by atoms with van der Waals surface area (Å²) in [6.07, 6.45) is 3.41. The van der Waals surface area contributed by atoms with Crippen LogP contribution in [0.25, 0.3) is 0 Å². The molecule has 2 heterocycles. The molecule has 2 amide bonds. The van der Waals surface area contributed by atoms with E-state index in [9.17, 15) is 9.59 Å². The molecular weight excluding hydrogens is 350 g/mol. The van der Waals surface area contributed by atoms with Crippen molar-refractivity contribution in [2.75, 3.05) is 19.6 Å². The van der Waals surface area contributed by atoms with Crippen LogP contribution in [0.3, 0.4) is 0 Å². The third-order valence-corrected chi connectivity index (χ3v) is 5.23. The maximum Gasteiger partial charge on any atom is 0.243 e. The molecule has 0 saturated heterocycles. The molecule has 1 atom stereocenters. The van der Waals surface area contributed by atoms with Gasteiger partial charge in [0.1, 0.15) is 0 Å². The van der Waals surface area contributed by atoms with Gasteiger partial charge in [0.2, 0.25) is 11.8 Å². The first kappa shape index (κ1) is 20.2. The zero-order valence-electron chi connectivity index (χ0n) is 17.2. The van der Waals surface area contributed by atoms with Crippen molar-refractivity contribution in [2.24, 2.45) is 5.92 Å². The fourth-order valence-electron chi connectivity index (χ4n) is 3.93. The van der Waals surface area contributed by atoms with Crippen molar-refractivity contribution < 1.29 is 9.59 Å². The number of nitrogens with zero attached hydrogens (tertiary/aromatic N) is 3. The van der Waals surface area contributed by atoms with Crippen LogP contribution in [0, 0.1) is 5.92 Å². The molecule has 1 aliphatic rings. The van der Waals surface area contributed by atoms with Crippen LogP contribution >= 0.6 is 0 Å². The predicted molar refractivity (Wildman–Crippen MR) is 111 cm³/mol. The minimum absolute atomic E-state index is 0.0202. The largest absolute Gasteiger partial charge is 0.348 e. The van der Waals surface area contributed by atoms with Crippen LogP contribution < -0.4 is 0 Å². The standard InChI is InChI=1S/C23H31N3O2/c1-4-12-25(21(27)16-18(2)3)17-22(28)26-15-14-24-13-8-11-20(24)23(26)19-9-6-5-7-10-19/h5-11,13,18,23H,4,12,14-17H2,1-3H3. The third-order valence-electron chi connectivity index (χ3n) is 5.23. The van der Waals surface area contributed by atoms with E-state index in [1.54, 1.807) is 4.90 Å². The lowest BCUT2D eigenvalue weighted by molar-refractivity contribution is -0.142. The van der Waals surface area contributed by atoms with Gasteiger partial charge in [-0.2, -0.15) is 0 Å². The molecule has 5 nitrogen and oxygen atoms in total. The Labute approximate surface area is 167 Å². The summed E-state index contributed by atoms with van der Waals surface area (Å²) < 4.78 is 2.22. The Balaban J connectivity index is 1.83. The van der Waals surface area contributed by atoms with E-state index in [2.05, 4.69) is 29.0 Å². The van der Waals surface area contributed by atoms with Crippen molar-refractivity contribution in [3.8, 4) is 0 Å². The lowest BCUT2D eigenvalue weighted by Crippen LogP contribution is -2.48. The molecule has 1 aliphatic heterocycles. The topological polar surface area (TPSA) is 45.6 Å². The number of fused-ring (bicyclic) bond motifs is 1. The lowest BCUT2D eigenvalue weighted by Gasteiger charge is -2.38. The summed E-state index contributed by atoms with van der Waals surface area (Å²) in [7, 11) is 0. The monoisotopic (exact) mass is 381 g/mol. The van der Waals surface area contributed by atoms with Crippen molar-refractivity contribution >= 4 is 11.8 Å². The number of hydrogen-bond acceptors (Lipinski definition) is 2. The van der Waals surface area contributed by atoms with Crippen molar-refractivity contribution in [1.82, 2.24) is 14.4 Å². The van der Waals surface area contributed by atoms with E-state index < -0.39 is 0 Å². The van der Waals surface area contributed by atoms with Gasteiger partial charge in [0, 0.05) is 37.9 Å². The molecule has 3 rings (SSSR count). The summed E-state index contributed by atoms with van der Waals surface area (Å²) in [6.45, 7) is 8.33. The minimum atomic E-state index is -0.110. The molecule has 0 aliphatic carbocycles. The van der Waals surface area contributed by atoms with Gasteiger partial charge >= 0.3 is 0 Å². The Hall–Kier alpha value is -2.56. The maximum atomic E-state index is 13.3. The first-order valence-electron chi connectivity index (χ1n) is 10.3. The summed E-state index contributed by atoms with van der Waals surface area (Å²) in [5.74, 6) is 0.381. The van der Waals surface area contributed by atoms with Gasteiger partial charge in [0.05, 0.1) is 12.6 Å². The number of amides is 2. The molecule has 1 aromatic heterocycles. The van der Waals surface area contributed by atoms with E-state index in [-0.39, 0.29) is 30.3 Å². The molecule has 28 heavy (non-hydrogen) atoms. The van der Waals surface area contributed by atoms with Crippen LogP contribution in [0.1, 0.15) is 50.9 Å². The van der Waals surface area contributed by atoms with Crippen molar-refractivity contribution in [3.63, 3.8) is 0 Å². The molecule has 1 unspecified atom stereocenters. The van der Waals surface area contributed by atoms with Gasteiger partial charge in [0.15, 0.2) is 0 Å². The summed E-state index contributed by atoms with van der Waals surface area (Å²) in [4.78, 5) is 29.6. The van der Waals surface area contributed by atoms with Crippen LogP contribution in [0.4, 0.5) is 0 Å². The highest BCUT2D eigenvalue weighted by Gasteiger charge is 2.33. The Morgan fingerprint density at radius 1 is 1.11 bits per heavy atom. The van der Waals surface area contributed by atoms with E-state index in [1.165, 1.54) is 0 Å². The fourth-order valence-corrected chi connectivity index (χ4v) is 3.93. The van der Waals surface area contributed by atoms with Crippen molar-refractivity contribution in [2.45, 2.75) is 46.2 Å². The zero-order valence-corrected chi connectivity index (χ0v) is 17.2. The van der Waals surface area contributed by atoms with Gasteiger partial charge in [-0.1, -0.05) is 51.1 Å². The molecule has 150 valence electrons.